The van der Waals surface area contributed by atoms with Crippen molar-refractivity contribution in [2.45, 2.75) is 24.0 Å². The number of carbonyl (C=O) groups is 1. The molecule has 9 heteroatoms. The summed E-state index contributed by atoms with van der Waals surface area (Å²) in [6, 6.07) is 3.62. The minimum absolute atomic E-state index is 0.169. The predicted octanol–water partition coefficient (Wildman–Crippen LogP) is 0.206. The molecule has 2 atom stereocenters. The quantitative estimate of drug-likeness (QED) is 0.574. The first kappa shape index (κ1) is 17.3. The fourth-order valence-electron chi connectivity index (χ4n) is 3.77. The number of hydrogen-bond donors (Lipinski definition) is 2. The van der Waals surface area contributed by atoms with Crippen LogP contribution in [0.15, 0.2) is 28.4 Å². The number of fused-ring (bicyclic) bond motifs is 4. The Morgan fingerprint density at radius 1 is 1.42 bits per heavy atom. The highest BCUT2D eigenvalue weighted by Crippen LogP contribution is 2.31. The predicted molar refractivity (Wildman–Crippen MR) is 98.5 cm³/mol. The third kappa shape index (κ3) is 3.28. The molecule has 1 fully saturated rings. The van der Waals surface area contributed by atoms with Gasteiger partial charge in [0.25, 0.3) is 11.5 Å². The van der Waals surface area contributed by atoms with Crippen LogP contribution in [0.1, 0.15) is 28.4 Å². The molecule has 8 nitrogen and oxygen atoms in total. The van der Waals surface area contributed by atoms with E-state index in [2.05, 4.69) is 20.8 Å². The van der Waals surface area contributed by atoms with Gasteiger partial charge in [-0.15, -0.1) is 10.2 Å². The molecular formula is C17H22N6O2S. The van der Waals surface area contributed by atoms with Gasteiger partial charge in [0.1, 0.15) is 11.9 Å². The summed E-state index contributed by atoms with van der Waals surface area (Å²) in [4.78, 5) is 25.3. The van der Waals surface area contributed by atoms with Gasteiger partial charge in [0.2, 0.25) is 0 Å². The third-order valence-corrected chi connectivity index (χ3v) is 6.08. The van der Waals surface area contributed by atoms with Gasteiger partial charge in [0.15, 0.2) is 5.16 Å². The van der Waals surface area contributed by atoms with Crippen molar-refractivity contribution in [1.82, 2.24) is 30.0 Å². The summed E-state index contributed by atoms with van der Waals surface area (Å²) in [7, 11) is 1.87. The van der Waals surface area contributed by atoms with E-state index in [1.54, 1.807) is 12.4 Å². The molecule has 138 valence electrons. The van der Waals surface area contributed by atoms with Crippen molar-refractivity contribution in [3.05, 3.63) is 40.1 Å². The number of aromatic nitrogens is 4. The highest BCUT2D eigenvalue weighted by Gasteiger charge is 2.31. The van der Waals surface area contributed by atoms with Gasteiger partial charge in [-0.3, -0.25) is 9.59 Å². The number of hydrogen-bond acceptors (Lipinski definition) is 6. The van der Waals surface area contributed by atoms with E-state index in [0.717, 1.165) is 30.4 Å². The second-order valence-corrected chi connectivity index (χ2v) is 7.94. The number of pyridine rings is 1. The van der Waals surface area contributed by atoms with E-state index in [1.807, 2.05) is 22.2 Å². The average molecular weight is 374 g/mol. The van der Waals surface area contributed by atoms with Gasteiger partial charge < -0.3 is 19.8 Å². The zero-order chi connectivity index (χ0) is 18.1. The average Bonchev–Trinajstić information content (AvgIpc) is 3.05. The van der Waals surface area contributed by atoms with Crippen LogP contribution in [0, 0.1) is 5.92 Å². The topological polar surface area (TPSA) is 93.8 Å². The highest BCUT2D eigenvalue weighted by molar-refractivity contribution is 7.99. The van der Waals surface area contributed by atoms with E-state index in [0.29, 0.717) is 30.7 Å². The number of nitrogens with one attached hydrogen (secondary N) is 2. The molecule has 0 aliphatic carbocycles. The number of nitrogens with zero attached hydrogens (tertiary/aromatic N) is 4. The number of thioether (sulfide) groups is 1. The maximum atomic E-state index is 12.8. The van der Waals surface area contributed by atoms with Gasteiger partial charge in [-0.1, -0.05) is 11.8 Å². The van der Waals surface area contributed by atoms with E-state index in [4.69, 9.17) is 0 Å². The number of rotatable bonds is 5. The van der Waals surface area contributed by atoms with E-state index >= 15 is 0 Å². The zero-order valence-corrected chi connectivity index (χ0v) is 15.5. The van der Waals surface area contributed by atoms with Gasteiger partial charge in [0, 0.05) is 44.0 Å². The Morgan fingerprint density at radius 2 is 2.31 bits per heavy atom. The summed E-state index contributed by atoms with van der Waals surface area (Å²) in [5.41, 5.74) is 1.11. The Bertz CT molecular complexity index is 876. The number of aryl methyl sites for hydroxylation is 1. The van der Waals surface area contributed by atoms with Gasteiger partial charge >= 0.3 is 0 Å². The second-order valence-electron chi connectivity index (χ2n) is 6.87. The molecule has 0 spiro atoms. The first-order chi connectivity index (χ1) is 12.6. The first-order valence-corrected chi connectivity index (χ1v) is 9.81. The van der Waals surface area contributed by atoms with E-state index < -0.39 is 0 Å². The largest absolute Gasteiger partial charge is 0.351 e. The number of amides is 1. The first-order valence-electron chi connectivity index (χ1n) is 8.83. The smallest absolute Gasteiger partial charge is 0.263 e. The lowest BCUT2D eigenvalue weighted by atomic mass is 9.84. The Balaban J connectivity index is 1.41. The summed E-state index contributed by atoms with van der Waals surface area (Å²) < 4.78 is 3.64. The molecule has 4 heterocycles. The molecule has 0 unspecified atom stereocenters. The van der Waals surface area contributed by atoms with Crippen LogP contribution in [0.4, 0.5) is 0 Å². The number of carbonyl (C=O) groups excluding carboxylic acids is 1. The molecule has 1 saturated heterocycles. The normalized spacial score (nSPS) is 21.3. The van der Waals surface area contributed by atoms with Crippen molar-refractivity contribution < 1.29 is 4.79 Å². The molecule has 0 aromatic carbocycles. The molecule has 1 amide bonds. The summed E-state index contributed by atoms with van der Waals surface area (Å²) in [5, 5.41) is 14.9. The van der Waals surface area contributed by atoms with Crippen molar-refractivity contribution in [2.24, 2.45) is 13.0 Å². The van der Waals surface area contributed by atoms with Crippen LogP contribution in [-0.2, 0) is 13.6 Å². The molecule has 0 saturated carbocycles. The van der Waals surface area contributed by atoms with Crippen LogP contribution in [0.5, 0.6) is 0 Å². The lowest BCUT2D eigenvalue weighted by Gasteiger charge is -2.37. The molecule has 2 aromatic heterocycles. The zero-order valence-electron chi connectivity index (χ0n) is 14.6. The van der Waals surface area contributed by atoms with E-state index in [1.165, 1.54) is 11.8 Å². The van der Waals surface area contributed by atoms with Crippen molar-refractivity contribution in [2.75, 3.05) is 25.4 Å². The Hall–Kier alpha value is -2.13. The van der Waals surface area contributed by atoms with Crippen molar-refractivity contribution in [1.29, 1.82) is 0 Å². The van der Waals surface area contributed by atoms with Crippen LogP contribution < -0.4 is 16.2 Å². The van der Waals surface area contributed by atoms with Crippen molar-refractivity contribution in [3.63, 3.8) is 0 Å². The SMILES string of the molecule is Cn1cnnc1SCCNC(=O)c1ccc2n(c1=O)C[C@@H]1CNC[C@H]2C1. The highest BCUT2D eigenvalue weighted by atomic mass is 32.2. The van der Waals surface area contributed by atoms with E-state index in [9.17, 15) is 9.59 Å². The van der Waals surface area contributed by atoms with Gasteiger partial charge in [0.05, 0.1) is 0 Å². The fraction of sp³-hybridized carbons (Fsp3) is 0.529. The van der Waals surface area contributed by atoms with Crippen LogP contribution >= 0.6 is 11.8 Å². The van der Waals surface area contributed by atoms with Gasteiger partial charge in [-0.05, 0) is 31.0 Å². The Labute approximate surface area is 155 Å². The Morgan fingerprint density at radius 3 is 3.12 bits per heavy atom. The molecule has 2 aromatic rings. The molecular weight excluding hydrogens is 352 g/mol. The summed E-state index contributed by atoms with van der Waals surface area (Å²) in [6.07, 6.45) is 2.76. The minimum atomic E-state index is -0.308. The third-order valence-electron chi connectivity index (χ3n) is 5.04. The van der Waals surface area contributed by atoms with Crippen molar-refractivity contribution in [3.8, 4) is 0 Å². The lowest BCUT2D eigenvalue weighted by Crippen LogP contribution is -2.46. The summed E-state index contributed by atoms with van der Waals surface area (Å²) in [6.45, 7) is 3.01. The standard InChI is InChI=1S/C17H22N6O2S/c1-22-10-20-21-17(22)26-5-4-19-15(24)13-2-3-14-12-6-11(7-18-8-12)9-23(14)16(13)25/h2-3,10-12,18H,4-9H2,1H3,(H,19,24)/t11-,12+/m0/s1. The second kappa shape index (κ2) is 7.24. The number of piperidine rings is 1. The van der Waals surface area contributed by atoms with E-state index in [-0.39, 0.29) is 17.0 Å². The van der Waals surface area contributed by atoms with Gasteiger partial charge in [-0.25, -0.2) is 0 Å². The maximum absolute atomic E-state index is 12.8. The van der Waals surface area contributed by atoms with Crippen LogP contribution in [0.3, 0.4) is 0 Å². The Kier molecular flexibility index (Phi) is 4.82. The molecule has 2 aliphatic rings. The molecule has 2 aliphatic heterocycles. The molecule has 2 N–H and O–H groups in total. The molecule has 4 rings (SSSR count). The minimum Gasteiger partial charge on any atom is -0.351 e. The molecule has 2 bridgehead atoms. The molecule has 0 radical (unpaired) electrons. The van der Waals surface area contributed by atoms with Gasteiger partial charge in [-0.2, -0.15) is 0 Å². The van der Waals surface area contributed by atoms with Crippen LogP contribution in [-0.4, -0.2) is 50.6 Å². The summed E-state index contributed by atoms with van der Waals surface area (Å²) >= 11 is 1.51. The maximum Gasteiger partial charge on any atom is 0.263 e. The fourth-order valence-corrected chi connectivity index (χ4v) is 4.51. The van der Waals surface area contributed by atoms with Crippen molar-refractivity contribution >= 4 is 17.7 Å². The lowest BCUT2D eigenvalue weighted by molar-refractivity contribution is 0.0953. The monoisotopic (exact) mass is 374 g/mol. The summed E-state index contributed by atoms with van der Waals surface area (Å²) in [5.74, 6) is 1.20. The van der Waals surface area contributed by atoms with Crippen LogP contribution in [0.2, 0.25) is 0 Å². The van der Waals surface area contributed by atoms with Crippen LogP contribution in [0.25, 0.3) is 0 Å². The molecule has 26 heavy (non-hydrogen) atoms.